The maximum atomic E-state index is 12.0. The fourth-order valence-electron chi connectivity index (χ4n) is 0.375. The summed E-state index contributed by atoms with van der Waals surface area (Å²) in [5.41, 5.74) is 1.20. The third-order valence-corrected chi connectivity index (χ3v) is 1.16. The van der Waals surface area contributed by atoms with Crippen LogP contribution in [0.3, 0.4) is 0 Å². The van der Waals surface area contributed by atoms with Gasteiger partial charge in [-0.25, -0.2) is 4.39 Å². The maximum Gasteiger partial charge on any atom is 0.0968 e. The molecule has 0 aliphatic carbocycles. The van der Waals surface area contributed by atoms with Gasteiger partial charge in [0.15, 0.2) is 0 Å². The average molecular weight is 188 g/mol. The molecule has 0 radical (unpaired) electrons. The molecule has 0 heterocycles. The summed E-state index contributed by atoms with van der Waals surface area (Å²) in [6.45, 7) is 13.5. The highest BCUT2D eigenvalue weighted by atomic mass is 19.1. The van der Waals surface area contributed by atoms with Crippen LogP contribution in [0.15, 0.2) is 23.6 Å². The van der Waals surface area contributed by atoms with Crippen LogP contribution in [0.4, 0.5) is 4.39 Å². The first-order valence-electron chi connectivity index (χ1n) is 5.16. The molecule has 0 atom stereocenters. The first-order valence-corrected chi connectivity index (χ1v) is 5.16. The molecule has 0 aromatic rings. The Morgan fingerprint density at radius 3 is 1.62 bits per heavy atom. The van der Waals surface area contributed by atoms with E-state index in [4.69, 9.17) is 0 Å². The number of halogens is 1. The molecule has 0 bridgehead atoms. The van der Waals surface area contributed by atoms with Gasteiger partial charge in [-0.1, -0.05) is 46.3 Å². The zero-order valence-electron chi connectivity index (χ0n) is 10.2. The van der Waals surface area contributed by atoms with E-state index >= 15 is 0 Å². The van der Waals surface area contributed by atoms with Crippen LogP contribution in [0, 0.1) is 0 Å². The second-order valence-corrected chi connectivity index (χ2v) is 2.12. The lowest BCUT2D eigenvalue weighted by Crippen LogP contribution is -1.68. The van der Waals surface area contributed by atoms with Crippen LogP contribution < -0.4 is 0 Å². The lowest BCUT2D eigenvalue weighted by Gasteiger charge is -1.88. The van der Waals surface area contributed by atoms with Gasteiger partial charge in [-0.3, -0.25) is 0 Å². The Bertz CT molecular complexity index is 128. The molecule has 0 aromatic carbocycles. The summed E-state index contributed by atoms with van der Waals surface area (Å²) in [7, 11) is 0. The molecular weight excluding hydrogens is 163 g/mol. The zero-order valence-corrected chi connectivity index (χ0v) is 10.2. The van der Waals surface area contributed by atoms with Crippen molar-refractivity contribution in [1.82, 2.24) is 0 Å². The Hall–Kier alpha value is -0.590. The largest absolute Gasteiger partial charge is 0.212 e. The maximum absolute atomic E-state index is 12.0. The molecular formula is C12H25F. The van der Waals surface area contributed by atoms with Crippen molar-refractivity contribution >= 4 is 0 Å². The zero-order chi connectivity index (χ0) is 11.3. The van der Waals surface area contributed by atoms with E-state index in [0.717, 1.165) is 6.42 Å². The minimum atomic E-state index is -0.136. The van der Waals surface area contributed by atoms with Crippen LogP contribution in [-0.2, 0) is 0 Å². The predicted octanol–water partition coefficient (Wildman–Crippen LogP) is 5.27. The minimum Gasteiger partial charge on any atom is -0.212 e. The van der Waals surface area contributed by atoms with Gasteiger partial charge in [-0.2, -0.15) is 0 Å². The molecule has 0 aliphatic rings. The summed E-state index contributed by atoms with van der Waals surface area (Å²) < 4.78 is 12.0. The van der Waals surface area contributed by atoms with E-state index in [0.29, 0.717) is 0 Å². The van der Waals surface area contributed by atoms with Crippen molar-refractivity contribution in [3.05, 3.63) is 23.6 Å². The smallest absolute Gasteiger partial charge is 0.0968 e. The predicted molar refractivity (Wildman–Crippen MR) is 61.6 cm³/mol. The van der Waals surface area contributed by atoms with Crippen LogP contribution in [0.25, 0.3) is 0 Å². The van der Waals surface area contributed by atoms with Crippen LogP contribution in [0.1, 0.15) is 54.9 Å². The van der Waals surface area contributed by atoms with Gasteiger partial charge in [0.25, 0.3) is 0 Å². The summed E-state index contributed by atoms with van der Waals surface area (Å²) in [5.74, 6) is -0.136. The van der Waals surface area contributed by atoms with Gasteiger partial charge in [0.05, 0.1) is 5.83 Å². The summed E-state index contributed by atoms with van der Waals surface area (Å²) in [4.78, 5) is 0. The van der Waals surface area contributed by atoms with Gasteiger partial charge in [-0.05, 0) is 26.3 Å². The molecule has 0 saturated carbocycles. The Morgan fingerprint density at radius 2 is 1.38 bits per heavy atom. The van der Waals surface area contributed by atoms with Crippen molar-refractivity contribution < 1.29 is 4.39 Å². The fraction of sp³-hybridized carbons (Fsp3) is 0.667. The van der Waals surface area contributed by atoms with Crippen molar-refractivity contribution in [3.63, 3.8) is 0 Å². The van der Waals surface area contributed by atoms with Gasteiger partial charge >= 0.3 is 0 Å². The van der Waals surface area contributed by atoms with E-state index in [-0.39, 0.29) is 5.83 Å². The van der Waals surface area contributed by atoms with E-state index in [1.165, 1.54) is 18.6 Å². The number of hydrogen-bond acceptors (Lipinski definition) is 0. The highest BCUT2D eigenvalue weighted by molar-refractivity contribution is 5.11. The average Bonchev–Trinajstić information content (AvgIpc) is 2.20. The summed E-state index contributed by atoms with van der Waals surface area (Å²) in [6.07, 6.45) is 4.28. The van der Waals surface area contributed by atoms with Crippen molar-refractivity contribution in [1.29, 1.82) is 0 Å². The second kappa shape index (κ2) is 17.5. The van der Waals surface area contributed by atoms with Gasteiger partial charge in [-0.15, -0.1) is 0 Å². The minimum absolute atomic E-state index is 0.136. The monoisotopic (exact) mass is 188 g/mol. The van der Waals surface area contributed by atoms with E-state index in [9.17, 15) is 4.39 Å². The molecule has 0 aromatic heterocycles. The first-order chi connectivity index (χ1) is 6.16. The molecule has 0 spiro atoms. The molecule has 80 valence electrons. The fourth-order valence-corrected chi connectivity index (χ4v) is 0.375. The van der Waals surface area contributed by atoms with Gasteiger partial charge in [0.1, 0.15) is 0 Å². The summed E-state index contributed by atoms with van der Waals surface area (Å²) in [5, 5.41) is 0. The van der Waals surface area contributed by atoms with Crippen molar-refractivity contribution in [2.45, 2.75) is 54.9 Å². The molecule has 0 rings (SSSR count). The Kier molecular flexibility index (Phi) is 24.5. The molecule has 0 nitrogen and oxygen atoms in total. The summed E-state index contributed by atoms with van der Waals surface area (Å²) >= 11 is 0. The van der Waals surface area contributed by atoms with Crippen LogP contribution in [0.5, 0.6) is 0 Å². The highest BCUT2D eigenvalue weighted by Gasteiger charge is 1.80. The highest BCUT2D eigenvalue weighted by Crippen LogP contribution is 2.00. The number of hydrogen-bond donors (Lipinski definition) is 0. The Labute approximate surface area is 83.6 Å². The molecule has 0 unspecified atom stereocenters. The van der Waals surface area contributed by atoms with E-state index in [2.05, 4.69) is 0 Å². The van der Waals surface area contributed by atoms with E-state index in [1.807, 2.05) is 41.5 Å². The molecule has 0 fully saturated rings. The lowest BCUT2D eigenvalue weighted by atomic mass is 10.2. The summed E-state index contributed by atoms with van der Waals surface area (Å²) in [6, 6.07) is 0. The van der Waals surface area contributed by atoms with E-state index in [1.54, 1.807) is 6.08 Å². The normalized spacial score (nSPS) is 10.8. The van der Waals surface area contributed by atoms with E-state index < -0.39 is 0 Å². The van der Waals surface area contributed by atoms with Crippen molar-refractivity contribution in [3.8, 4) is 0 Å². The topological polar surface area (TPSA) is 0 Å². The quantitative estimate of drug-likeness (QED) is 0.518. The number of rotatable bonds is 2. The van der Waals surface area contributed by atoms with Gasteiger partial charge in [0.2, 0.25) is 0 Å². The standard InChI is InChI=1S/C8H13F.2C2H6/c1-4-7(2)5-6-8(3)9;2*1-2/h5-6H,4H2,1-3H3;2*1-2H3/b7-5+,8-6+;;. The first kappa shape index (κ1) is 18.2. The lowest BCUT2D eigenvalue weighted by molar-refractivity contribution is 0.640. The number of allylic oxidation sites excluding steroid dienone is 4. The van der Waals surface area contributed by atoms with Crippen LogP contribution >= 0.6 is 0 Å². The Balaban J connectivity index is -0.000000218. The van der Waals surface area contributed by atoms with Crippen molar-refractivity contribution in [2.24, 2.45) is 0 Å². The van der Waals surface area contributed by atoms with Crippen molar-refractivity contribution in [2.75, 3.05) is 0 Å². The van der Waals surface area contributed by atoms with Gasteiger partial charge < -0.3 is 0 Å². The molecule has 13 heavy (non-hydrogen) atoms. The molecule has 0 amide bonds. The van der Waals surface area contributed by atoms with Crippen LogP contribution in [-0.4, -0.2) is 0 Å². The van der Waals surface area contributed by atoms with Gasteiger partial charge in [0, 0.05) is 0 Å². The third kappa shape index (κ3) is 24.6. The molecule has 0 saturated heterocycles. The SMILES string of the molecule is CC.CC.CC/C(C)=C/C=C(\C)F. The Morgan fingerprint density at radius 1 is 1.00 bits per heavy atom. The molecule has 0 aliphatic heterocycles. The third-order valence-electron chi connectivity index (χ3n) is 1.16. The second-order valence-electron chi connectivity index (χ2n) is 2.12. The molecule has 1 heteroatoms. The molecule has 0 N–H and O–H groups in total. The van der Waals surface area contributed by atoms with Crippen LogP contribution in [0.2, 0.25) is 0 Å².